The van der Waals surface area contributed by atoms with Crippen LogP contribution in [0, 0.1) is 0 Å². The lowest BCUT2D eigenvalue weighted by Crippen LogP contribution is -2.46. The van der Waals surface area contributed by atoms with Crippen LogP contribution in [0.15, 0.2) is 4.99 Å². The van der Waals surface area contributed by atoms with Gasteiger partial charge in [-0.05, 0) is 47.5 Å². The average molecular weight is 386 g/mol. The first-order valence-corrected chi connectivity index (χ1v) is 9.99. The van der Waals surface area contributed by atoms with Gasteiger partial charge in [-0.3, -0.25) is 9.89 Å². The van der Waals surface area contributed by atoms with Gasteiger partial charge in [0, 0.05) is 46.3 Å². The second kappa shape index (κ2) is 12.0. The summed E-state index contributed by atoms with van der Waals surface area (Å²) in [6, 6.07) is 0. The highest BCUT2D eigenvalue weighted by atomic mass is 16.6. The molecule has 2 atom stereocenters. The second-order valence-corrected chi connectivity index (χ2v) is 8.08. The van der Waals surface area contributed by atoms with Gasteiger partial charge in [-0.1, -0.05) is 0 Å². The third-order valence-electron chi connectivity index (χ3n) is 3.98. The zero-order chi connectivity index (χ0) is 20.3. The molecule has 1 fully saturated rings. The number of nitrogens with zero attached hydrogens (tertiary/aromatic N) is 2. The number of hydrogen-bond acceptors (Lipinski definition) is 5. The topological polar surface area (TPSA) is 87.2 Å². The number of hydrogen-bond donors (Lipinski definition) is 3. The maximum absolute atomic E-state index is 11.6. The maximum Gasteiger partial charge on any atom is 0.407 e. The number of nitrogens with one attached hydrogen (secondary N) is 3. The van der Waals surface area contributed by atoms with Crippen molar-refractivity contribution in [3.63, 3.8) is 0 Å². The number of rotatable bonds is 8. The molecule has 0 spiro atoms. The van der Waals surface area contributed by atoms with Crippen LogP contribution in [0.2, 0.25) is 0 Å². The Morgan fingerprint density at radius 1 is 1.07 bits per heavy atom. The minimum Gasteiger partial charge on any atom is -0.444 e. The Balaban J connectivity index is 2.07. The first-order valence-electron chi connectivity index (χ1n) is 9.99. The van der Waals surface area contributed by atoms with Crippen molar-refractivity contribution in [2.45, 2.75) is 65.3 Å². The number of ether oxygens (including phenoxy) is 2. The Hall–Kier alpha value is -1.54. The van der Waals surface area contributed by atoms with Gasteiger partial charge < -0.3 is 25.4 Å². The molecule has 27 heavy (non-hydrogen) atoms. The van der Waals surface area contributed by atoms with E-state index in [1.54, 1.807) is 7.05 Å². The van der Waals surface area contributed by atoms with E-state index in [1.807, 2.05) is 20.8 Å². The number of guanidine groups is 1. The molecular weight excluding hydrogens is 346 g/mol. The second-order valence-electron chi connectivity index (χ2n) is 8.08. The molecular formula is C19H39N5O3. The molecule has 0 aromatic heterocycles. The van der Waals surface area contributed by atoms with Gasteiger partial charge in [0.05, 0.1) is 12.2 Å². The van der Waals surface area contributed by atoms with E-state index in [2.05, 4.69) is 39.7 Å². The van der Waals surface area contributed by atoms with Crippen LogP contribution in [0.25, 0.3) is 0 Å². The molecule has 1 saturated heterocycles. The summed E-state index contributed by atoms with van der Waals surface area (Å²) in [4.78, 5) is 18.2. The Morgan fingerprint density at radius 2 is 1.63 bits per heavy atom. The van der Waals surface area contributed by atoms with E-state index in [4.69, 9.17) is 9.47 Å². The largest absolute Gasteiger partial charge is 0.444 e. The molecule has 0 bridgehead atoms. The molecule has 1 rings (SSSR count). The number of carbonyl (C=O) groups is 1. The van der Waals surface area contributed by atoms with Gasteiger partial charge in [-0.15, -0.1) is 0 Å². The number of aliphatic imine (C=N–C) groups is 1. The fraction of sp³-hybridized carbons (Fsp3) is 0.895. The lowest BCUT2D eigenvalue weighted by Gasteiger charge is -2.35. The van der Waals surface area contributed by atoms with Gasteiger partial charge in [0.15, 0.2) is 5.96 Å². The van der Waals surface area contributed by atoms with Crippen molar-refractivity contribution in [1.29, 1.82) is 0 Å². The standard InChI is InChI=1S/C19H39N5O3/c1-15-13-24(14-16(2)26-15)12-8-11-22-17(20-6)21-9-7-10-23-18(25)27-19(3,4)5/h15-16H,7-14H2,1-6H3,(H,23,25)(H2,20,21,22). The van der Waals surface area contributed by atoms with Gasteiger partial charge in [-0.2, -0.15) is 0 Å². The summed E-state index contributed by atoms with van der Waals surface area (Å²) in [7, 11) is 1.76. The van der Waals surface area contributed by atoms with Crippen molar-refractivity contribution < 1.29 is 14.3 Å². The van der Waals surface area contributed by atoms with Crippen LogP contribution >= 0.6 is 0 Å². The molecule has 158 valence electrons. The van der Waals surface area contributed by atoms with Crippen LogP contribution in [0.5, 0.6) is 0 Å². The van der Waals surface area contributed by atoms with E-state index in [9.17, 15) is 4.79 Å². The smallest absolute Gasteiger partial charge is 0.407 e. The van der Waals surface area contributed by atoms with Crippen molar-refractivity contribution >= 4 is 12.1 Å². The zero-order valence-electron chi connectivity index (χ0n) is 17.9. The van der Waals surface area contributed by atoms with E-state index in [-0.39, 0.29) is 6.09 Å². The third-order valence-corrected chi connectivity index (χ3v) is 3.98. The first-order chi connectivity index (χ1) is 12.7. The number of carbonyl (C=O) groups excluding carboxylic acids is 1. The molecule has 2 unspecified atom stereocenters. The van der Waals surface area contributed by atoms with Crippen LogP contribution in [-0.4, -0.2) is 81.1 Å². The van der Waals surface area contributed by atoms with E-state index < -0.39 is 5.60 Å². The summed E-state index contributed by atoms with van der Waals surface area (Å²) >= 11 is 0. The molecule has 8 nitrogen and oxygen atoms in total. The summed E-state index contributed by atoms with van der Waals surface area (Å²) < 4.78 is 11.0. The highest BCUT2D eigenvalue weighted by molar-refractivity contribution is 5.79. The summed E-state index contributed by atoms with van der Waals surface area (Å²) in [6.07, 6.45) is 2.09. The Labute approximate surface area is 164 Å². The van der Waals surface area contributed by atoms with Crippen molar-refractivity contribution in [2.24, 2.45) is 4.99 Å². The molecule has 8 heteroatoms. The summed E-state index contributed by atoms with van der Waals surface area (Å²) in [6.45, 7) is 15.0. The number of morpholine rings is 1. The SMILES string of the molecule is CN=C(NCCCNC(=O)OC(C)(C)C)NCCCN1CC(C)OC(C)C1. The Morgan fingerprint density at radius 3 is 2.19 bits per heavy atom. The highest BCUT2D eigenvalue weighted by Gasteiger charge is 2.21. The van der Waals surface area contributed by atoms with E-state index in [1.165, 1.54) is 0 Å². The minimum atomic E-state index is -0.467. The molecule has 3 N–H and O–H groups in total. The molecule has 1 aliphatic heterocycles. The average Bonchev–Trinajstić information content (AvgIpc) is 2.54. The predicted octanol–water partition coefficient (Wildman–Crippen LogP) is 1.57. The maximum atomic E-state index is 11.6. The Kier molecular flexibility index (Phi) is 10.5. The summed E-state index contributed by atoms with van der Waals surface area (Å²) in [5.74, 6) is 0.788. The fourth-order valence-corrected chi connectivity index (χ4v) is 3.00. The van der Waals surface area contributed by atoms with Crippen LogP contribution in [0.4, 0.5) is 4.79 Å². The molecule has 0 saturated carbocycles. The molecule has 0 aromatic carbocycles. The van der Waals surface area contributed by atoms with Gasteiger partial charge >= 0.3 is 6.09 Å². The van der Waals surface area contributed by atoms with Gasteiger partial charge in [0.1, 0.15) is 5.60 Å². The van der Waals surface area contributed by atoms with Crippen molar-refractivity contribution in [3.8, 4) is 0 Å². The molecule has 0 aliphatic carbocycles. The molecule has 1 amide bonds. The predicted molar refractivity (Wildman–Crippen MR) is 109 cm³/mol. The van der Waals surface area contributed by atoms with Gasteiger partial charge in [0.25, 0.3) is 0 Å². The molecule has 1 heterocycles. The van der Waals surface area contributed by atoms with Crippen molar-refractivity contribution in [3.05, 3.63) is 0 Å². The monoisotopic (exact) mass is 385 g/mol. The van der Waals surface area contributed by atoms with E-state index >= 15 is 0 Å². The minimum absolute atomic E-state index is 0.311. The third kappa shape index (κ3) is 11.7. The van der Waals surface area contributed by atoms with Gasteiger partial charge in [0.2, 0.25) is 0 Å². The Bertz CT molecular complexity index is 455. The van der Waals surface area contributed by atoms with Crippen LogP contribution in [-0.2, 0) is 9.47 Å². The number of amides is 1. The van der Waals surface area contributed by atoms with Gasteiger partial charge in [-0.25, -0.2) is 4.79 Å². The van der Waals surface area contributed by atoms with Crippen molar-refractivity contribution in [2.75, 3.05) is 46.3 Å². The fourth-order valence-electron chi connectivity index (χ4n) is 3.00. The summed E-state index contributed by atoms with van der Waals surface area (Å²) in [5, 5.41) is 9.34. The molecule has 0 radical (unpaired) electrons. The lowest BCUT2D eigenvalue weighted by molar-refractivity contribution is -0.0679. The van der Waals surface area contributed by atoms with E-state index in [0.717, 1.165) is 51.5 Å². The molecule has 0 aromatic rings. The zero-order valence-corrected chi connectivity index (χ0v) is 17.9. The summed E-state index contributed by atoms with van der Waals surface area (Å²) in [5.41, 5.74) is -0.467. The van der Waals surface area contributed by atoms with Crippen LogP contribution in [0.3, 0.4) is 0 Å². The number of alkyl carbamates (subject to hydrolysis) is 1. The van der Waals surface area contributed by atoms with Crippen molar-refractivity contribution in [1.82, 2.24) is 20.9 Å². The highest BCUT2D eigenvalue weighted by Crippen LogP contribution is 2.10. The van der Waals surface area contributed by atoms with Crippen LogP contribution in [0.1, 0.15) is 47.5 Å². The quantitative estimate of drug-likeness (QED) is 0.334. The first kappa shape index (κ1) is 23.5. The van der Waals surface area contributed by atoms with E-state index in [0.29, 0.717) is 18.8 Å². The lowest BCUT2D eigenvalue weighted by atomic mass is 10.2. The molecule has 1 aliphatic rings. The van der Waals surface area contributed by atoms with Crippen LogP contribution < -0.4 is 16.0 Å². The normalized spacial score (nSPS) is 21.6.